The van der Waals surface area contributed by atoms with Crippen molar-refractivity contribution in [2.45, 2.75) is 38.8 Å². The second kappa shape index (κ2) is 7.32. The van der Waals surface area contributed by atoms with E-state index in [1.165, 1.54) is 6.07 Å². The molecule has 1 amide bonds. The fourth-order valence-electron chi connectivity index (χ4n) is 2.90. The highest BCUT2D eigenvalue weighted by Gasteiger charge is 2.30. The van der Waals surface area contributed by atoms with Crippen molar-refractivity contribution in [3.8, 4) is 11.3 Å². The molecule has 3 rings (SSSR count). The van der Waals surface area contributed by atoms with Crippen molar-refractivity contribution in [2.75, 3.05) is 13.1 Å². The Labute approximate surface area is 157 Å². The third-order valence-electron chi connectivity index (χ3n) is 4.33. The summed E-state index contributed by atoms with van der Waals surface area (Å²) < 4.78 is 29.2. The van der Waals surface area contributed by atoms with Gasteiger partial charge in [0.15, 0.2) is 0 Å². The standard InChI is InChI=1S/C18H22F2N4O.ClH/c1-18(2,3)24-10-14(17(25)23-7-6-12(21)9-23)16(22-24)13-5-4-11(19)8-15(13)20;/h4-5,8,10,12H,6-7,9,21H2,1-3H3;1H/t12-;/m0./s1. The number of rotatable bonds is 2. The molecule has 0 bridgehead atoms. The summed E-state index contributed by atoms with van der Waals surface area (Å²) in [6, 6.07) is 3.22. The maximum Gasteiger partial charge on any atom is 0.257 e. The molecule has 1 saturated heterocycles. The minimum Gasteiger partial charge on any atom is -0.337 e. The van der Waals surface area contributed by atoms with Gasteiger partial charge in [-0.25, -0.2) is 8.78 Å². The predicted octanol–water partition coefficient (Wildman–Crippen LogP) is 3.18. The molecule has 1 aliphatic heterocycles. The molecule has 26 heavy (non-hydrogen) atoms. The van der Waals surface area contributed by atoms with Gasteiger partial charge in [-0.2, -0.15) is 5.10 Å². The summed E-state index contributed by atoms with van der Waals surface area (Å²) in [7, 11) is 0. The quantitative estimate of drug-likeness (QED) is 0.864. The Kier molecular flexibility index (Phi) is 5.73. The molecule has 0 aliphatic carbocycles. The number of likely N-dealkylation sites (tertiary alicyclic amines) is 1. The molecule has 2 N–H and O–H groups in total. The molecular formula is C18H23ClF2N4O. The number of hydrogen-bond acceptors (Lipinski definition) is 3. The highest BCUT2D eigenvalue weighted by atomic mass is 35.5. The highest BCUT2D eigenvalue weighted by Crippen LogP contribution is 2.29. The van der Waals surface area contributed by atoms with E-state index in [4.69, 9.17) is 5.73 Å². The van der Waals surface area contributed by atoms with Crippen molar-refractivity contribution in [3.63, 3.8) is 0 Å². The third-order valence-corrected chi connectivity index (χ3v) is 4.33. The molecule has 1 aliphatic rings. The van der Waals surface area contributed by atoms with Gasteiger partial charge in [0, 0.05) is 37.0 Å². The summed E-state index contributed by atoms with van der Waals surface area (Å²) in [5.74, 6) is -1.65. The van der Waals surface area contributed by atoms with Gasteiger partial charge in [0.1, 0.15) is 17.3 Å². The molecule has 0 radical (unpaired) electrons. The molecule has 0 saturated carbocycles. The number of benzene rings is 1. The lowest BCUT2D eigenvalue weighted by atomic mass is 10.1. The van der Waals surface area contributed by atoms with Gasteiger partial charge >= 0.3 is 0 Å². The lowest BCUT2D eigenvalue weighted by molar-refractivity contribution is 0.0791. The maximum absolute atomic E-state index is 14.3. The van der Waals surface area contributed by atoms with Crippen molar-refractivity contribution in [1.82, 2.24) is 14.7 Å². The number of halogens is 3. The summed E-state index contributed by atoms with van der Waals surface area (Å²) in [6.45, 7) is 6.83. The van der Waals surface area contributed by atoms with Crippen LogP contribution in [0.5, 0.6) is 0 Å². The van der Waals surface area contributed by atoms with Crippen LogP contribution in [-0.4, -0.2) is 39.7 Å². The van der Waals surface area contributed by atoms with Crippen LogP contribution in [0.4, 0.5) is 8.78 Å². The van der Waals surface area contributed by atoms with Crippen molar-refractivity contribution >= 4 is 18.3 Å². The molecule has 2 heterocycles. The molecule has 1 fully saturated rings. The van der Waals surface area contributed by atoms with E-state index in [2.05, 4.69) is 5.10 Å². The van der Waals surface area contributed by atoms with Crippen LogP contribution in [0, 0.1) is 11.6 Å². The first kappa shape index (κ1) is 20.3. The van der Waals surface area contributed by atoms with E-state index in [9.17, 15) is 13.6 Å². The van der Waals surface area contributed by atoms with E-state index in [0.717, 1.165) is 18.6 Å². The van der Waals surface area contributed by atoms with E-state index in [-0.39, 0.29) is 41.2 Å². The first-order valence-electron chi connectivity index (χ1n) is 8.27. The Morgan fingerprint density at radius 3 is 2.54 bits per heavy atom. The first-order chi connectivity index (χ1) is 11.7. The summed E-state index contributed by atoms with van der Waals surface area (Å²) in [4.78, 5) is 14.6. The Balaban J connectivity index is 0.00000243. The van der Waals surface area contributed by atoms with E-state index < -0.39 is 11.6 Å². The topological polar surface area (TPSA) is 64.2 Å². The molecule has 1 aromatic carbocycles. The molecule has 142 valence electrons. The average molecular weight is 385 g/mol. The highest BCUT2D eigenvalue weighted by molar-refractivity contribution is 6.00. The van der Waals surface area contributed by atoms with Gasteiger partial charge < -0.3 is 10.6 Å². The van der Waals surface area contributed by atoms with Gasteiger partial charge in [-0.1, -0.05) is 0 Å². The second-order valence-corrected chi connectivity index (χ2v) is 7.43. The van der Waals surface area contributed by atoms with E-state index >= 15 is 0 Å². The van der Waals surface area contributed by atoms with Crippen molar-refractivity contribution in [3.05, 3.63) is 41.6 Å². The van der Waals surface area contributed by atoms with Gasteiger partial charge in [-0.05, 0) is 39.3 Å². The number of amides is 1. The summed E-state index contributed by atoms with van der Waals surface area (Å²) in [5.41, 5.74) is 6.13. The zero-order valence-corrected chi connectivity index (χ0v) is 15.8. The molecule has 5 nitrogen and oxygen atoms in total. The molecule has 8 heteroatoms. The van der Waals surface area contributed by atoms with Crippen molar-refractivity contribution < 1.29 is 13.6 Å². The number of carbonyl (C=O) groups is 1. The number of hydrogen-bond donors (Lipinski definition) is 1. The number of aromatic nitrogens is 2. The molecular weight excluding hydrogens is 362 g/mol. The van der Waals surface area contributed by atoms with Crippen LogP contribution in [0.2, 0.25) is 0 Å². The van der Waals surface area contributed by atoms with Crippen molar-refractivity contribution in [1.29, 1.82) is 0 Å². The number of nitrogens with zero attached hydrogens (tertiary/aromatic N) is 3. The zero-order chi connectivity index (χ0) is 18.4. The molecule has 0 unspecified atom stereocenters. The predicted molar refractivity (Wildman–Crippen MR) is 98.3 cm³/mol. The minimum atomic E-state index is -0.744. The van der Waals surface area contributed by atoms with Crippen LogP contribution in [0.3, 0.4) is 0 Å². The smallest absolute Gasteiger partial charge is 0.257 e. The van der Waals surface area contributed by atoms with Crippen LogP contribution in [0.1, 0.15) is 37.6 Å². The lowest BCUT2D eigenvalue weighted by Crippen LogP contribution is -2.32. The van der Waals surface area contributed by atoms with Crippen molar-refractivity contribution in [2.24, 2.45) is 5.73 Å². The Bertz CT molecular complexity index is 816. The van der Waals surface area contributed by atoms with Crippen LogP contribution in [0.25, 0.3) is 11.3 Å². The molecule has 1 atom stereocenters. The molecule has 1 aromatic heterocycles. The SMILES string of the molecule is CC(C)(C)n1cc(C(=O)N2CC[C@H](N)C2)c(-c2ccc(F)cc2F)n1.Cl. The lowest BCUT2D eigenvalue weighted by Gasteiger charge is -2.19. The summed E-state index contributed by atoms with van der Waals surface area (Å²) in [5, 5.41) is 4.43. The van der Waals surface area contributed by atoms with E-state index in [1.807, 2.05) is 20.8 Å². The zero-order valence-electron chi connectivity index (χ0n) is 15.0. The van der Waals surface area contributed by atoms with Gasteiger partial charge in [-0.3, -0.25) is 9.48 Å². The molecule has 2 aromatic rings. The number of nitrogens with two attached hydrogens (primary N) is 1. The monoisotopic (exact) mass is 384 g/mol. The maximum atomic E-state index is 14.3. The van der Waals surface area contributed by atoms with Gasteiger partial charge in [0.05, 0.1) is 11.1 Å². The summed E-state index contributed by atoms with van der Waals surface area (Å²) >= 11 is 0. The van der Waals surface area contributed by atoms with Gasteiger partial charge in [0.2, 0.25) is 0 Å². The van der Waals surface area contributed by atoms with Crippen LogP contribution in [0.15, 0.2) is 24.4 Å². The van der Waals surface area contributed by atoms with Crippen LogP contribution in [-0.2, 0) is 5.54 Å². The second-order valence-electron chi connectivity index (χ2n) is 7.43. The number of carbonyl (C=O) groups excluding carboxylic acids is 1. The van der Waals surface area contributed by atoms with Gasteiger partial charge in [-0.15, -0.1) is 12.4 Å². The normalized spacial score (nSPS) is 17.3. The van der Waals surface area contributed by atoms with E-state index in [0.29, 0.717) is 18.7 Å². The average Bonchev–Trinajstić information content (AvgIpc) is 3.12. The Hall–Kier alpha value is -1.99. The van der Waals surface area contributed by atoms with Gasteiger partial charge in [0.25, 0.3) is 5.91 Å². The van der Waals surface area contributed by atoms with Crippen LogP contribution >= 0.6 is 12.4 Å². The minimum absolute atomic E-state index is 0. The Morgan fingerprint density at radius 1 is 1.31 bits per heavy atom. The Morgan fingerprint density at radius 2 is 2.00 bits per heavy atom. The first-order valence-corrected chi connectivity index (χ1v) is 8.27. The molecule has 0 spiro atoms. The van der Waals surface area contributed by atoms with E-state index in [1.54, 1.807) is 15.8 Å². The third kappa shape index (κ3) is 3.88. The fraction of sp³-hybridized carbons (Fsp3) is 0.444. The fourth-order valence-corrected chi connectivity index (χ4v) is 2.90. The van der Waals surface area contributed by atoms with Crippen LogP contribution < -0.4 is 5.73 Å². The summed E-state index contributed by atoms with van der Waals surface area (Å²) in [6.07, 6.45) is 2.36. The largest absolute Gasteiger partial charge is 0.337 e.